The van der Waals surface area contributed by atoms with Crippen LogP contribution in [0.2, 0.25) is 5.02 Å². The summed E-state index contributed by atoms with van der Waals surface area (Å²) in [7, 11) is 0. The normalized spacial score (nSPS) is 15.3. The van der Waals surface area contributed by atoms with Gasteiger partial charge in [-0.25, -0.2) is 0 Å². The third-order valence-electron chi connectivity index (χ3n) is 4.04. The maximum atomic E-state index is 12.3. The Bertz CT molecular complexity index is 712. The molecule has 1 unspecified atom stereocenters. The summed E-state index contributed by atoms with van der Waals surface area (Å²) in [5, 5.41) is 12.8. The summed E-state index contributed by atoms with van der Waals surface area (Å²) in [6.07, 6.45) is 2.39. The molecule has 0 spiro atoms. The van der Waals surface area contributed by atoms with Gasteiger partial charge in [-0.1, -0.05) is 35.5 Å². The molecule has 1 heterocycles. The van der Waals surface area contributed by atoms with Gasteiger partial charge in [0, 0.05) is 24.0 Å². The molecule has 24 heavy (non-hydrogen) atoms. The summed E-state index contributed by atoms with van der Waals surface area (Å²) >= 11 is 7.33. The summed E-state index contributed by atoms with van der Waals surface area (Å²) in [5.41, 5.74) is 1.03. The number of hydrogen-bond donors (Lipinski definition) is 1. The number of carbonyl (C=O) groups is 1. The molecule has 1 atom stereocenters. The van der Waals surface area contributed by atoms with E-state index in [0.29, 0.717) is 17.5 Å². The monoisotopic (exact) mass is 364 g/mol. The van der Waals surface area contributed by atoms with Crippen LogP contribution in [0.15, 0.2) is 29.4 Å². The van der Waals surface area contributed by atoms with Crippen molar-refractivity contribution in [3.05, 3.63) is 40.7 Å². The minimum absolute atomic E-state index is 0.00595. The van der Waals surface area contributed by atoms with E-state index in [0.717, 1.165) is 23.1 Å². The first-order valence-corrected chi connectivity index (χ1v) is 9.46. The number of rotatable bonds is 7. The molecule has 0 saturated heterocycles. The molecule has 1 aliphatic rings. The van der Waals surface area contributed by atoms with Crippen LogP contribution in [0, 0.1) is 0 Å². The smallest absolute Gasteiger partial charge is 0.233 e. The molecular formula is C17H21ClN4OS. The fraction of sp³-hybridized carbons (Fsp3) is 0.471. The van der Waals surface area contributed by atoms with Crippen LogP contribution in [0.3, 0.4) is 0 Å². The van der Waals surface area contributed by atoms with Crippen molar-refractivity contribution in [2.75, 3.05) is 0 Å². The van der Waals surface area contributed by atoms with Crippen LogP contribution in [0.1, 0.15) is 44.0 Å². The van der Waals surface area contributed by atoms with Gasteiger partial charge in [0.05, 0.1) is 5.25 Å². The SMILES string of the molecule is CCn1c(SC(C)C(=O)NCc2ccc(Cl)cc2)nnc1C1CC1. The Morgan fingerprint density at radius 1 is 1.38 bits per heavy atom. The van der Waals surface area contributed by atoms with Crippen molar-refractivity contribution in [3.63, 3.8) is 0 Å². The van der Waals surface area contributed by atoms with E-state index in [1.54, 1.807) is 0 Å². The van der Waals surface area contributed by atoms with Crippen molar-refractivity contribution in [3.8, 4) is 0 Å². The standard InChI is InChI=1S/C17H21ClN4OS/c1-3-22-15(13-6-7-13)20-21-17(22)24-11(2)16(23)19-10-12-4-8-14(18)9-5-12/h4-5,8-9,11,13H,3,6-7,10H2,1-2H3,(H,19,23). The Balaban J connectivity index is 1.57. The molecular weight excluding hydrogens is 344 g/mol. The first kappa shape index (κ1) is 17.3. The first-order valence-electron chi connectivity index (χ1n) is 8.20. The molecule has 0 bridgehead atoms. The minimum Gasteiger partial charge on any atom is -0.351 e. The first-order chi connectivity index (χ1) is 11.6. The van der Waals surface area contributed by atoms with Crippen LogP contribution in [-0.4, -0.2) is 25.9 Å². The van der Waals surface area contributed by atoms with Gasteiger partial charge in [-0.15, -0.1) is 10.2 Å². The van der Waals surface area contributed by atoms with Gasteiger partial charge >= 0.3 is 0 Å². The van der Waals surface area contributed by atoms with Crippen molar-refractivity contribution in [1.82, 2.24) is 20.1 Å². The molecule has 1 saturated carbocycles. The molecule has 0 aliphatic heterocycles. The predicted molar refractivity (Wildman–Crippen MR) is 96.3 cm³/mol. The second-order valence-corrected chi connectivity index (χ2v) is 7.71. The van der Waals surface area contributed by atoms with E-state index < -0.39 is 0 Å². The van der Waals surface area contributed by atoms with Crippen molar-refractivity contribution in [1.29, 1.82) is 0 Å². The average Bonchev–Trinajstić information content (AvgIpc) is 3.35. The van der Waals surface area contributed by atoms with Gasteiger partial charge in [-0.05, 0) is 44.4 Å². The summed E-state index contributed by atoms with van der Waals surface area (Å²) in [4.78, 5) is 12.3. The van der Waals surface area contributed by atoms with Crippen LogP contribution in [0.4, 0.5) is 0 Å². The van der Waals surface area contributed by atoms with E-state index in [4.69, 9.17) is 11.6 Å². The number of benzene rings is 1. The Morgan fingerprint density at radius 3 is 2.71 bits per heavy atom. The van der Waals surface area contributed by atoms with Crippen LogP contribution in [0.25, 0.3) is 0 Å². The summed E-state index contributed by atoms with van der Waals surface area (Å²) in [6, 6.07) is 7.47. The van der Waals surface area contributed by atoms with E-state index >= 15 is 0 Å². The highest BCUT2D eigenvalue weighted by Crippen LogP contribution is 2.40. The maximum Gasteiger partial charge on any atom is 0.233 e. The lowest BCUT2D eigenvalue weighted by Crippen LogP contribution is -2.30. The third kappa shape index (κ3) is 4.11. The number of carbonyl (C=O) groups excluding carboxylic acids is 1. The van der Waals surface area contributed by atoms with Crippen LogP contribution >= 0.6 is 23.4 Å². The van der Waals surface area contributed by atoms with E-state index in [1.165, 1.54) is 24.6 Å². The molecule has 2 aromatic rings. The van der Waals surface area contributed by atoms with Gasteiger partial charge in [0.15, 0.2) is 5.16 Å². The average molecular weight is 365 g/mol. The highest BCUT2D eigenvalue weighted by atomic mass is 35.5. The lowest BCUT2D eigenvalue weighted by Gasteiger charge is -2.12. The third-order valence-corrected chi connectivity index (χ3v) is 5.37. The quantitative estimate of drug-likeness (QED) is 0.762. The molecule has 128 valence electrons. The number of nitrogens with one attached hydrogen (secondary N) is 1. The number of thioether (sulfide) groups is 1. The predicted octanol–water partition coefficient (Wildman–Crippen LogP) is 3.63. The Morgan fingerprint density at radius 2 is 2.08 bits per heavy atom. The molecule has 3 rings (SSSR count). The van der Waals surface area contributed by atoms with E-state index in [1.807, 2.05) is 31.2 Å². The topological polar surface area (TPSA) is 59.8 Å². The zero-order valence-corrected chi connectivity index (χ0v) is 15.4. The molecule has 5 nitrogen and oxygen atoms in total. The van der Waals surface area contributed by atoms with Crippen LogP contribution < -0.4 is 5.32 Å². The minimum atomic E-state index is -0.223. The molecule has 1 amide bonds. The van der Waals surface area contributed by atoms with Crippen molar-refractivity contribution < 1.29 is 4.79 Å². The summed E-state index contributed by atoms with van der Waals surface area (Å²) in [5.74, 6) is 1.61. The molecule has 1 fully saturated rings. The largest absolute Gasteiger partial charge is 0.351 e. The number of aromatic nitrogens is 3. The molecule has 1 N–H and O–H groups in total. The van der Waals surface area contributed by atoms with Crippen molar-refractivity contribution >= 4 is 29.3 Å². The van der Waals surface area contributed by atoms with Gasteiger partial charge in [-0.2, -0.15) is 0 Å². The Hall–Kier alpha value is -1.53. The van der Waals surface area contributed by atoms with Gasteiger partial charge in [0.25, 0.3) is 0 Å². The number of amides is 1. The summed E-state index contributed by atoms with van der Waals surface area (Å²) in [6.45, 7) is 5.31. The van der Waals surface area contributed by atoms with Gasteiger partial charge in [0.1, 0.15) is 5.82 Å². The fourth-order valence-electron chi connectivity index (χ4n) is 2.47. The van der Waals surface area contributed by atoms with E-state index in [-0.39, 0.29) is 11.2 Å². The zero-order chi connectivity index (χ0) is 17.1. The van der Waals surface area contributed by atoms with Crippen molar-refractivity contribution in [2.24, 2.45) is 0 Å². The second kappa shape index (κ2) is 7.57. The van der Waals surface area contributed by atoms with Crippen LogP contribution in [0.5, 0.6) is 0 Å². The van der Waals surface area contributed by atoms with E-state index in [2.05, 4.69) is 27.0 Å². The fourth-order valence-corrected chi connectivity index (χ4v) is 3.55. The Kier molecular flexibility index (Phi) is 5.46. The number of nitrogens with zero attached hydrogens (tertiary/aromatic N) is 3. The maximum absolute atomic E-state index is 12.3. The lowest BCUT2D eigenvalue weighted by atomic mass is 10.2. The molecule has 7 heteroatoms. The van der Waals surface area contributed by atoms with E-state index in [9.17, 15) is 4.79 Å². The molecule has 1 aromatic heterocycles. The molecule has 0 radical (unpaired) electrons. The molecule has 1 aromatic carbocycles. The summed E-state index contributed by atoms with van der Waals surface area (Å²) < 4.78 is 2.13. The lowest BCUT2D eigenvalue weighted by molar-refractivity contribution is -0.120. The van der Waals surface area contributed by atoms with Crippen LogP contribution in [-0.2, 0) is 17.9 Å². The number of hydrogen-bond acceptors (Lipinski definition) is 4. The van der Waals surface area contributed by atoms with Gasteiger partial charge in [-0.3, -0.25) is 4.79 Å². The zero-order valence-electron chi connectivity index (χ0n) is 13.8. The Labute approximate surface area is 151 Å². The van der Waals surface area contributed by atoms with Gasteiger partial charge in [0.2, 0.25) is 5.91 Å². The van der Waals surface area contributed by atoms with Gasteiger partial charge < -0.3 is 9.88 Å². The van der Waals surface area contributed by atoms with Crippen molar-refractivity contribution in [2.45, 2.75) is 56.1 Å². The second-order valence-electron chi connectivity index (χ2n) is 5.96. The highest BCUT2D eigenvalue weighted by Gasteiger charge is 2.30. The molecule has 1 aliphatic carbocycles. The number of halogens is 1. The highest BCUT2D eigenvalue weighted by molar-refractivity contribution is 8.00.